The zero-order valence-corrected chi connectivity index (χ0v) is 11.0. The maximum absolute atomic E-state index is 12.7. The second-order valence-electron chi connectivity index (χ2n) is 4.11. The largest absolute Gasteiger partial charge is 0.416 e. The van der Waals surface area contributed by atoms with Crippen LogP contribution in [-0.4, -0.2) is 9.97 Å². The molecule has 0 aliphatic carbocycles. The van der Waals surface area contributed by atoms with Gasteiger partial charge in [0.25, 0.3) is 0 Å². The molecule has 0 aliphatic rings. The summed E-state index contributed by atoms with van der Waals surface area (Å²) in [5.41, 5.74) is 1.12. The minimum absolute atomic E-state index is 0.0995. The quantitative estimate of drug-likeness (QED) is 0.775. The number of aromatic nitrogens is 2. The summed E-state index contributed by atoms with van der Waals surface area (Å²) in [5, 5.41) is 0.0995. The van der Waals surface area contributed by atoms with E-state index in [4.69, 9.17) is 11.6 Å². The Morgan fingerprint density at radius 1 is 1.05 bits per heavy atom. The van der Waals surface area contributed by atoms with Gasteiger partial charge in [0.1, 0.15) is 5.69 Å². The van der Waals surface area contributed by atoms with Gasteiger partial charge in [-0.05, 0) is 26.0 Å². The van der Waals surface area contributed by atoms with E-state index in [0.29, 0.717) is 17.0 Å². The van der Waals surface area contributed by atoms with Crippen molar-refractivity contribution >= 4 is 11.6 Å². The van der Waals surface area contributed by atoms with E-state index < -0.39 is 11.7 Å². The summed E-state index contributed by atoms with van der Waals surface area (Å²) in [6, 6.07) is 4.88. The molecule has 0 bridgehead atoms. The van der Waals surface area contributed by atoms with Crippen LogP contribution in [0.4, 0.5) is 13.2 Å². The van der Waals surface area contributed by atoms with Crippen LogP contribution in [-0.2, 0) is 6.18 Å². The summed E-state index contributed by atoms with van der Waals surface area (Å²) in [6.45, 7) is 3.47. The third kappa shape index (κ3) is 2.87. The third-order valence-corrected chi connectivity index (χ3v) is 2.99. The molecule has 1 aromatic heterocycles. The summed E-state index contributed by atoms with van der Waals surface area (Å²) in [6.07, 6.45) is -4.39. The van der Waals surface area contributed by atoms with Crippen LogP contribution in [0.3, 0.4) is 0 Å². The molecule has 0 unspecified atom stereocenters. The highest BCUT2D eigenvalue weighted by atomic mass is 35.5. The van der Waals surface area contributed by atoms with Crippen molar-refractivity contribution in [2.45, 2.75) is 20.0 Å². The standard InChI is InChI=1S/C13H10ClF3N2/c1-7-8(2)19-12(14)11(18-7)9-4-3-5-10(6-9)13(15,16)17/h3-6H,1-2H3. The van der Waals surface area contributed by atoms with Gasteiger partial charge in [0, 0.05) is 5.56 Å². The first-order chi connectivity index (χ1) is 8.79. The summed E-state index contributed by atoms with van der Waals surface area (Å²) in [4.78, 5) is 8.27. The van der Waals surface area contributed by atoms with Gasteiger partial charge in [-0.3, -0.25) is 0 Å². The van der Waals surface area contributed by atoms with Crippen LogP contribution in [0.1, 0.15) is 17.0 Å². The van der Waals surface area contributed by atoms with Gasteiger partial charge in [-0.2, -0.15) is 13.2 Å². The minimum Gasteiger partial charge on any atom is -0.248 e. The van der Waals surface area contributed by atoms with Crippen LogP contribution >= 0.6 is 11.6 Å². The molecule has 0 radical (unpaired) electrons. The van der Waals surface area contributed by atoms with Crippen LogP contribution in [0.5, 0.6) is 0 Å². The average molecular weight is 287 g/mol. The summed E-state index contributed by atoms with van der Waals surface area (Å²) >= 11 is 5.95. The van der Waals surface area contributed by atoms with Crippen molar-refractivity contribution in [3.05, 3.63) is 46.4 Å². The van der Waals surface area contributed by atoms with Gasteiger partial charge < -0.3 is 0 Å². The van der Waals surface area contributed by atoms with Crippen molar-refractivity contribution in [1.82, 2.24) is 9.97 Å². The first-order valence-electron chi connectivity index (χ1n) is 5.47. The number of rotatable bonds is 1. The molecule has 1 aromatic carbocycles. The summed E-state index contributed by atoms with van der Waals surface area (Å²) < 4.78 is 38.0. The third-order valence-electron chi connectivity index (χ3n) is 2.73. The van der Waals surface area contributed by atoms with E-state index in [1.165, 1.54) is 12.1 Å². The molecule has 2 rings (SSSR count). The van der Waals surface area contributed by atoms with Gasteiger partial charge in [-0.1, -0.05) is 23.7 Å². The predicted molar refractivity (Wildman–Crippen MR) is 67.0 cm³/mol. The second-order valence-corrected chi connectivity index (χ2v) is 4.47. The van der Waals surface area contributed by atoms with Crippen LogP contribution < -0.4 is 0 Å². The van der Waals surface area contributed by atoms with Gasteiger partial charge in [0.15, 0.2) is 5.15 Å². The van der Waals surface area contributed by atoms with Crippen molar-refractivity contribution in [2.24, 2.45) is 0 Å². The van der Waals surface area contributed by atoms with Crippen molar-refractivity contribution in [3.63, 3.8) is 0 Å². The molecule has 100 valence electrons. The number of alkyl halides is 3. The average Bonchev–Trinajstić information content (AvgIpc) is 2.33. The van der Waals surface area contributed by atoms with E-state index >= 15 is 0 Å². The van der Waals surface area contributed by atoms with Gasteiger partial charge in [-0.25, -0.2) is 9.97 Å². The zero-order valence-electron chi connectivity index (χ0n) is 10.2. The molecule has 0 N–H and O–H groups in total. The lowest BCUT2D eigenvalue weighted by atomic mass is 10.1. The van der Waals surface area contributed by atoms with Crippen LogP contribution in [0.15, 0.2) is 24.3 Å². The van der Waals surface area contributed by atoms with Crippen molar-refractivity contribution in [3.8, 4) is 11.3 Å². The second kappa shape index (κ2) is 4.81. The number of nitrogens with zero attached hydrogens (tertiary/aromatic N) is 2. The molecule has 1 heterocycles. The maximum atomic E-state index is 12.7. The van der Waals surface area contributed by atoms with Gasteiger partial charge >= 0.3 is 6.18 Å². The van der Waals surface area contributed by atoms with Gasteiger partial charge in [-0.15, -0.1) is 0 Å². The Kier molecular flexibility index (Phi) is 3.49. The van der Waals surface area contributed by atoms with E-state index in [0.717, 1.165) is 12.1 Å². The fourth-order valence-electron chi connectivity index (χ4n) is 1.60. The highest BCUT2D eigenvalue weighted by Crippen LogP contribution is 2.33. The molecule has 2 nitrogen and oxygen atoms in total. The SMILES string of the molecule is Cc1nc(Cl)c(-c2cccc(C(F)(F)F)c2)nc1C. The van der Waals surface area contributed by atoms with Crippen LogP contribution in [0.25, 0.3) is 11.3 Å². The van der Waals surface area contributed by atoms with E-state index in [1.807, 2.05) is 0 Å². The molecular weight excluding hydrogens is 277 g/mol. The molecule has 6 heteroatoms. The molecule has 0 fully saturated rings. The fourth-order valence-corrected chi connectivity index (χ4v) is 1.88. The number of benzene rings is 1. The fraction of sp³-hybridized carbons (Fsp3) is 0.231. The lowest BCUT2D eigenvalue weighted by Gasteiger charge is -2.10. The van der Waals surface area contributed by atoms with Crippen LogP contribution in [0, 0.1) is 13.8 Å². The molecule has 0 atom stereocenters. The van der Waals surface area contributed by atoms with Crippen molar-refractivity contribution in [2.75, 3.05) is 0 Å². The number of hydrogen-bond donors (Lipinski definition) is 0. The zero-order chi connectivity index (χ0) is 14.2. The molecule has 2 aromatic rings. The monoisotopic (exact) mass is 286 g/mol. The lowest BCUT2D eigenvalue weighted by Crippen LogP contribution is -2.05. The lowest BCUT2D eigenvalue weighted by molar-refractivity contribution is -0.137. The number of aryl methyl sites for hydroxylation is 2. The maximum Gasteiger partial charge on any atom is 0.416 e. The van der Waals surface area contributed by atoms with E-state index in [-0.39, 0.29) is 10.8 Å². The van der Waals surface area contributed by atoms with E-state index in [9.17, 15) is 13.2 Å². The summed E-state index contributed by atoms with van der Waals surface area (Å²) in [5.74, 6) is 0. The Labute approximate surface area is 113 Å². The van der Waals surface area contributed by atoms with E-state index in [2.05, 4.69) is 9.97 Å². The first-order valence-corrected chi connectivity index (χ1v) is 5.85. The van der Waals surface area contributed by atoms with Gasteiger partial charge in [0.2, 0.25) is 0 Å². The van der Waals surface area contributed by atoms with Crippen molar-refractivity contribution in [1.29, 1.82) is 0 Å². The topological polar surface area (TPSA) is 25.8 Å². The molecular formula is C13H10ClF3N2. The Bertz CT molecular complexity index is 624. The summed E-state index contributed by atoms with van der Waals surface area (Å²) in [7, 11) is 0. The normalized spacial score (nSPS) is 11.7. The smallest absolute Gasteiger partial charge is 0.248 e. The predicted octanol–water partition coefficient (Wildman–Crippen LogP) is 4.43. The molecule has 0 amide bonds. The Morgan fingerprint density at radius 2 is 1.68 bits per heavy atom. The highest BCUT2D eigenvalue weighted by molar-refractivity contribution is 6.31. The Morgan fingerprint density at radius 3 is 2.32 bits per heavy atom. The van der Waals surface area contributed by atoms with Gasteiger partial charge in [0.05, 0.1) is 17.0 Å². The van der Waals surface area contributed by atoms with Crippen molar-refractivity contribution < 1.29 is 13.2 Å². The number of hydrogen-bond acceptors (Lipinski definition) is 2. The molecule has 0 aliphatic heterocycles. The number of halogens is 4. The molecule has 0 spiro atoms. The Hall–Kier alpha value is -1.62. The molecule has 0 saturated heterocycles. The van der Waals surface area contributed by atoms with Crippen LogP contribution in [0.2, 0.25) is 5.15 Å². The minimum atomic E-state index is -4.39. The Balaban J connectivity index is 2.57. The first kappa shape index (κ1) is 13.8. The molecule has 0 saturated carbocycles. The van der Waals surface area contributed by atoms with E-state index in [1.54, 1.807) is 13.8 Å². The highest BCUT2D eigenvalue weighted by Gasteiger charge is 2.30. The molecule has 19 heavy (non-hydrogen) atoms.